The maximum absolute atomic E-state index is 11.5. The van der Waals surface area contributed by atoms with Crippen LogP contribution in [0.5, 0.6) is 0 Å². The maximum Gasteiger partial charge on any atom is 0.281 e. The highest BCUT2D eigenvalue weighted by Crippen LogP contribution is 2.06. The molecule has 82 valence electrons. The molecule has 0 spiro atoms. The van der Waals surface area contributed by atoms with E-state index in [1.54, 1.807) is 12.3 Å². The normalized spacial score (nSPS) is 10.4. The molecule has 1 amide bonds. The summed E-state index contributed by atoms with van der Waals surface area (Å²) in [5.41, 5.74) is 1.51. The number of hydrogen-bond acceptors (Lipinski definition) is 4. The summed E-state index contributed by atoms with van der Waals surface area (Å²) in [5.74, 6) is -0.356. The number of anilines is 1. The molecule has 15 heavy (non-hydrogen) atoms. The smallest absolute Gasteiger partial charge is 0.281 e. The number of ether oxygens (including phenoxy) is 2. The van der Waals surface area contributed by atoms with Gasteiger partial charge in [-0.15, -0.1) is 0 Å². The summed E-state index contributed by atoms with van der Waals surface area (Å²) in [5, 5.41) is 2.62. The first-order valence-corrected chi connectivity index (χ1v) is 4.46. The maximum atomic E-state index is 11.5. The Hall–Kier alpha value is -1.46. The predicted octanol–water partition coefficient (Wildman–Crippen LogP) is 0.947. The number of carbonyl (C=O) groups is 1. The minimum Gasteiger partial charge on any atom is -0.348 e. The van der Waals surface area contributed by atoms with Crippen molar-refractivity contribution in [2.24, 2.45) is 0 Å². The number of pyridine rings is 1. The number of aromatic nitrogens is 1. The van der Waals surface area contributed by atoms with Gasteiger partial charge in [-0.1, -0.05) is 0 Å². The number of hydrogen-bond donors (Lipinski definition) is 1. The molecule has 0 unspecified atom stereocenters. The number of methoxy groups -OCH3 is 2. The van der Waals surface area contributed by atoms with Gasteiger partial charge in [0.1, 0.15) is 0 Å². The Morgan fingerprint density at radius 3 is 2.53 bits per heavy atom. The second kappa shape index (κ2) is 5.43. The third-order valence-corrected chi connectivity index (χ3v) is 1.82. The Morgan fingerprint density at radius 2 is 2.07 bits per heavy atom. The van der Waals surface area contributed by atoms with Gasteiger partial charge >= 0.3 is 0 Å². The molecule has 0 atom stereocenters. The van der Waals surface area contributed by atoms with E-state index in [0.717, 1.165) is 5.69 Å². The summed E-state index contributed by atoms with van der Waals surface area (Å²) in [6, 6.07) is 3.58. The molecule has 0 saturated heterocycles. The number of rotatable bonds is 4. The van der Waals surface area contributed by atoms with Crippen molar-refractivity contribution in [3.05, 3.63) is 24.0 Å². The average Bonchev–Trinajstić information content (AvgIpc) is 2.23. The number of nitrogens with one attached hydrogen (secondary N) is 1. The summed E-state index contributed by atoms with van der Waals surface area (Å²) >= 11 is 0. The van der Waals surface area contributed by atoms with Gasteiger partial charge in [0.05, 0.1) is 11.9 Å². The molecule has 5 heteroatoms. The van der Waals surface area contributed by atoms with E-state index in [1.165, 1.54) is 14.2 Å². The molecule has 0 aliphatic heterocycles. The molecule has 1 rings (SSSR count). The fourth-order valence-electron chi connectivity index (χ4n) is 1.05. The topological polar surface area (TPSA) is 60.5 Å². The van der Waals surface area contributed by atoms with Crippen LogP contribution in [0.3, 0.4) is 0 Å². The second-order valence-electron chi connectivity index (χ2n) is 2.98. The van der Waals surface area contributed by atoms with Crippen molar-refractivity contribution in [2.45, 2.75) is 13.2 Å². The summed E-state index contributed by atoms with van der Waals surface area (Å²) in [6.07, 6.45) is 0.682. The van der Waals surface area contributed by atoms with Crippen molar-refractivity contribution < 1.29 is 14.3 Å². The molecule has 0 fully saturated rings. The van der Waals surface area contributed by atoms with Gasteiger partial charge in [0.2, 0.25) is 6.29 Å². The van der Waals surface area contributed by atoms with Gasteiger partial charge in [0.25, 0.3) is 5.91 Å². The lowest BCUT2D eigenvalue weighted by molar-refractivity contribution is -0.153. The summed E-state index contributed by atoms with van der Waals surface area (Å²) in [6.45, 7) is 1.87. The summed E-state index contributed by atoms with van der Waals surface area (Å²) in [7, 11) is 2.81. The van der Waals surface area contributed by atoms with E-state index < -0.39 is 6.29 Å². The Balaban J connectivity index is 2.61. The van der Waals surface area contributed by atoms with Crippen LogP contribution >= 0.6 is 0 Å². The average molecular weight is 210 g/mol. The van der Waals surface area contributed by atoms with Gasteiger partial charge in [0.15, 0.2) is 0 Å². The molecule has 1 heterocycles. The Bertz CT molecular complexity index is 320. The highest BCUT2D eigenvalue weighted by molar-refractivity contribution is 5.93. The van der Waals surface area contributed by atoms with Gasteiger partial charge in [-0.2, -0.15) is 0 Å². The van der Waals surface area contributed by atoms with Gasteiger partial charge in [-0.25, -0.2) is 0 Å². The fraction of sp³-hybridized carbons (Fsp3) is 0.400. The van der Waals surface area contributed by atoms with E-state index in [4.69, 9.17) is 9.47 Å². The highest BCUT2D eigenvalue weighted by Gasteiger charge is 2.16. The van der Waals surface area contributed by atoms with Crippen molar-refractivity contribution in [3.63, 3.8) is 0 Å². The monoisotopic (exact) mass is 210 g/mol. The third-order valence-electron chi connectivity index (χ3n) is 1.82. The van der Waals surface area contributed by atoms with Crippen molar-refractivity contribution in [1.82, 2.24) is 4.98 Å². The molecule has 0 aliphatic carbocycles. The lowest BCUT2D eigenvalue weighted by atomic mass is 10.3. The molecule has 5 nitrogen and oxygen atoms in total. The van der Waals surface area contributed by atoms with Crippen LogP contribution in [0, 0.1) is 6.92 Å². The van der Waals surface area contributed by atoms with E-state index in [2.05, 4.69) is 10.3 Å². The quantitative estimate of drug-likeness (QED) is 0.751. The highest BCUT2D eigenvalue weighted by atomic mass is 16.7. The molecule has 0 saturated carbocycles. The van der Waals surface area contributed by atoms with E-state index in [1.807, 2.05) is 13.0 Å². The van der Waals surface area contributed by atoms with Crippen LogP contribution in [0.25, 0.3) is 0 Å². The van der Waals surface area contributed by atoms with Gasteiger partial charge in [-0.3, -0.25) is 9.78 Å². The molecule has 0 bridgehead atoms. The second-order valence-corrected chi connectivity index (χ2v) is 2.98. The van der Waals surface area contributed by atoms with Crippen LogP contribution in [0.2, 0.25) is 0 Å². The first-order chi connectivity index (χ1) is 7.17. The molecule has 0 aliphatic rings. The van der Waals surface area contributed by atoms with Crippen LogP contribution in [0.4, 0.5) is 5.69 Å². The van der Waals surface area contributed by atoms with Crippen molar-refractivity contribution in [1.29, 1.82) is 0 Å². The van der Waals surface area contributed by atoms with Crippen molar-refractivity contribution >= 4 is 11.6 Å². The van der Waals surface area contributed by atoms with E-state index in [0.29, 0.717) is 5.69 Å². The number of nitrogens with zero attached hydrogens (tertiary/aromatic N) is 1. The van der Waals surface area contributed by atoms with Crippen LogP contribution in [-0.2, 0) is 14.3 Å². The third kappa shape index (κ3) is 3.30. The van der Waals surface area contributed by atoms with Gasteiger partial charge in [-0.05, 0) is 19.1 Å². The minimum absolute atomic E-state index is 0.356. The van der Waals surface area contributed by atoms with E-state index in [-0.39, 0.29) is 5.91 Å². The lowest BCUT2D eigenvalue weighted by Crippen LogP contribution is -2.31. The predicted molar refractivity (Wildman–Crippen MR) is 55.4 cm³/mol. The molecule has 1 aromatic rings. The molecule has 0 aromatic carbocycles. The molecular weight excluding hydrogens is 196 g/mol. The standard InChI is InChI=1S/C10H14N2O3/c1-7-4-5-8(6-11-7)12-9(13)10(14-2)15-3/h4-6,10H,1-3H3,(H,12,13). The summed E-state index contributed by atoms with van der Waals surface area (Å²) < 4.78 is 9.61. The van der Waals surface area contributed by atoms with E-state index in [9.17, 15) is 4.79 Å². The van der Waals surface area contributed by atoms with Gasteiger partial charge < -0.3 is 14.8 Å². The Labute approximate surface area is 88.4 Å². The van der Waals surface area contributed by atoms with Crippen LogP contribution in [-0.4, -0.2) is 31.4 Å². The minimum atomic E-state index is -0.897. The Morgan fingerprint density at radius 1 is 1.40 bits per heavy atom. The molecule has 1 N–H and O–H groups in total. The van der Waals surface area contributed by atoms with Gasteiger partial charge in [0, 0.05) is 19.9 Å². The fourth-order valence-corrected chi connectivity index (χ4v) is 1.05. The van der Waals surface area contributed by atoms with Crippen molar-refractivity contribution in [3.8, 4) is 0 Å². The molecular formula is C10H14N2O3. The molecule has 0 radical (unpaired) electrons. The van der Waals surface area contributed by atoms with Crippen LogP contribution in [0.15, 0.2) is 18.3 Å². The zero-order chi connectivity index (χ0) is 11.3. The number of aryl methyl sites for hydroxylation is 1. The lowest BCUT2D eigenvalue weighted by Gasteiger charge is -2.12. The van der Waals surface area contributed by atoms with Crippen LogP contribution < -0.4 is 5.32 Å². The Kier molecular flexibility index (Phi) is 4.20. The first kappa shape index (κ1) is 11.6. The zero-order valence-corrected chi connectivity index (χ0v) is 8.98. The zero-order valence-electron chi connectivity index (χ0n) is 8.98. The summed E-state index contributed by atoms with van der Waals surface area (Å²) in [4.78, 5) is 15.5. The first-order valence-electron chi connectivity index (χ1n) is 4.46. The molecule has 1 aromatic heterocycles. The SMILES string of the molecule is COC(OC)C(=O)Nc1ccc(C)nc1. The van der Waals surface area contributed by atoms with Crippen molar-refractivity contribution in [2.75, 3.05) is 19.5 Å². The van der Waals surface area contributed by atoms with Crippen LogP contribution in [0.1, 0.15) is 5.69 Å². The number of amides is 1. The van der Waals surface area contributed by atoms with E-state index >= 15 is 0 Å². The number of carbonyl (C=O) groups excluding carboxylic acids is 1. The largest absolute Gasteiger partial charge is 0.348 e.